The Hall–Kier alpha value is -2.25. The van der Waals surface area contributed by atoms with Crippen LogP contribution in [0.3, 0.4) is 0 Å². The quantitative estimate of drug-likeness (QED) is 0.870. The molecule has 0 aliphatic heterocycles. The minimum Gasteiger partial charge on any atom is -0.322 e. The van der Waals surface area contributed by atoms with Crippen LogP contribution in [0.5, 0.6) is 0 Å². The predicted molar refractivity (Wildman–Crippen MR) is 90.9 cm³/mol. The Bertz CT molecular complexity index is 856. The molecule has 0 bridgehead atoms. The first-order chi connectivity index (χ1) is 11.2. The van der Waals surface area contributed by atoms with Gasteiger partial charge in [-0.2, -0.15) is 0 Å². The lowest BCUT2D eigenvalue weighted by molar-refractivity contribution is -0.115. The van der Waals surface area contributed by atoms with Crippen LogP contribution in [0.15, 0.2) is 41.3 Å². The summed E-state index contributed by atoms with van der Waals surface area (Å²) in [5.74, 6) is -1.23. The van der Waals surface area contributed by atoms with Crippen molar-refractivity contribution in [3.8, 4) is 0 Å². The summed E-state index contributed by atoms with van der Waals surface area (Å²) < 4.78 is 40.6. The van der Waals surface area contributed by atoms with Gasteiger partial charge in [0.15, 0.2) is 0 Å². The molecule has 128 valence electrons. The Kier molecular flexibility index (Phi) is 5.36. The first-order valence-corrected chi connectivity index (χ1v) is 8.81. The van der Waals surface area contributed by atoms with E-state index < -0.39 is 28.3 Å². The number of carbonyl (C=O) groups is 1. The van der Waals surface area contributed by atoms with Gasteiger partial charge in [0.05, 0.1) is 17.1 Å². The molecule has 0 spiro atoms. The minimum atomic E-state index is -3.84. The Morgan fingerprint density at radius 2 is 1.67 bits per heavy atom. The molecule has 7 heteroatoms. The molecule has 0 heterocycles. The van der Waals surface area contributed by atoms with Crippen LogP contribution in [0, 0.1) is 26.6 Å². The highest BCUT2D eigenvalue weighted by Crippen LogP contribution is 2.21. The average Bonchev–Trinajstić information content (AvgIpc) is 2.46. The molecule has 0 aromatic heterocycles. The van der Waals surface area contributed by atoms with Gasteiger partial charge in [0.2, 0.25) is 15.9 Å². The largest absolute Gasteiger partial charge is 0.322 e. The molecule has 0 atom stereocenters. The zero-order valence-electron chi connectivity index (χ0n) is 13.7. The second-order valence-corrected chi connectivity index (χ2v) is 7.28. The van der Waals surface area contributed by atoms with Gasteiger partial charge in [0.1, 0.15) is 5.82 Å². The maximum atomic E-state index is 13.5. The zero-order chi connectivity index (χ0) is 17.9. The standard InChI is InChI=1S/C17H19FN2O3S/c1-11-8-12(2)17(13(3)9-11)24(22,23)19-10-16(21)20-15-7-5-4-6-14(15)18/h4-9,19H,10H2,1-3H3,(H,20,21). The van der Waals surface area contributed by atoms with Crippen molar-refractivity contribution < 1.29 is 17.6 Å². The van der Waals surface area contributed by atoms with Gasteiger partial charge in [-0.15, -0.1) is 0 Å². The van der Waals surface area contributed by atoms with Crippen molar-refractivity contribution in [1.29, 1.82) is 0 Å². The molecule has 2 N–H and O–H groups in total. The minimum absolute atomic E-state index is 0.00407. The first kappa shape index (κ1) is 18.1. The maximum Gasteiger partial charge on any atom is 0.241 e. The van der Waals surface area contributed by atoms with Crippen molar-refractivity contribution >= 4 is 21.6 Å². The lowest BCUT2D eigenvalue weighted by atomic mass is 10.1. The molecular weight excluding hydrogens is 331 g/mol. The molecule has 2 aromatic rings. The van der Waals surface area contributed by atoms with E-state index in [1.165, 1.54) is 18.2 Å². The topological polar surface area (TPSA) is 75.3 Å². The number of hydrogen-bond acceptors (Lipinski definition) is 3. The SMILES string of the molecule is Cc1cc(C)c(S(=O)(=O)NCC(=O)Nc2ccccc2F)c(C)c1. The fourth-order valence-corrected chi connectivity index (χ4v) is 4.01. The molecule has 1 amide bonds. The monoisotopic (exact) mass is 350 g/mol. The van der Waals surface area contributed by atoms with Crippen LogP contribution >= 0.6 is 0 Å². The summed E-state index contributed by atoms with van der Waals surface area (Å²) >= 11 is 0. The molecule has 0 aliphatic rings. The molecule has 0 saturated heterocycles. The first-order valence-electron chi connectivity index (χ1n) is 7.32. The normalized spacial score (nSPS) is 11.3. The number of benzene rings is 2. The van der Waals surface area contributed by atoms with Gasteiger partial charge in [0.25, 0.3) is 0 Å². The van der Waals surface area contributed by atoms with Crippen molar-refractivity contribution in [3.63, 3.8) is 0 Å². The van der Waals surface area contributed by atoms with Gasteiger partial charge in [-0.05, 0) is 44.0 Å². The fraction of sp³-hybridized carbons (Fsp3) is 0.235. The highest BCUT2D eigenvalue weighted by molar-refractivity contribution is 7.89. The molecule has 24 heavy (non-hydrogen) atoms. The highest BCUT2D eigenvalue weighted by Gasteiger charge is 2.20. The van der Waals surface area contributed by atoms with Crippen LogP contribution in [0.4, 0.5) is 10.1 Å². The van der Waals surface area contributed by atoms with Crippen molar-refractivity contribution in [1.82, 2.24) is 4.72 Å². The molecule has 0 saturated carbocycles. The van der Waals surface area contributed by atoms with Gasteiger partial charge in [-0.3, -0.25) is 4.79 Å². The molecule has 0 aliphatic carbocycles. The van der Waals surface area contributed by atoms with Crippen LogP contribution < -0.4 is 10.0 Å². The van der Waals surface area contributed by atoms with Crippen molar-refractivity contribution in [2.45, 2.75) is 25.7 Å². The molecule has 2 rings (SSSR count). The number of hydrogen-bond donors (Lipinski definition) is 2. The number of aryl methyl sites for hydroxylation is 3. The number of sulfonamides is 1. The van der Waals surface area contributed by atoms with E-state index in [9.17, 15) is 17.6 Å². The number of anilines is 1. The summed E-state index contributed by atoms with van der Waals surface area (Å²) in [7, 11) is -3.84. The number of nitrogens with one attached hydrogen (secondary N) is 2. The zero-order valence-corrected chi connectivity index (χ0v) is 14.5. The summed E-state index contributed by atoms with van der Waals surface area (Å²) in [6, 6.07) is 9.20. The van der Waals surface area contributed by atoms with Gasteiger partial charge >= 0.3 is 0 Å². The highest BCUT2D eigenvalue weighted by atomic mass is 32.2. The van der Waals surface area contributed by atoms with E-state index in [4.69, 9.17) is 0 Å². The summed E-state index contributed by atoms with van der Waals surface area (Å²) in [5, 5.41) is 2.33. The number of carbonyl (C=O) groups excluding carboxylic acids is 1. The van der Waals surface area contributed by atoms with Gasteiger partial charge < -0.3 is 5.32 Å². The smallest absolute Gasteiger partial charge is 0.241 e. The van der Waals surface area contributed by atoms with Gasteiger partial charge in [0, 0.05) is 0 Å². The maximum absolute atomic E-state index is 13.5. The van der Waals surface area contributed by atoms with E-state index in [-0.39, 0.29) is 10.6 Å². The third-order valence-electron chi connectivity index (χ3n) is 3.44. The Labute approximate surface area is 141 Å². The predicted octanol–water partition coefficient (Wildman–Crippen LogP) is 2.67. The summed E-state index contributed by atoms with van der Waals surface area (Å²) in [5.41, 5.74) is 2.18. The molecule has 0 unspecified atom stereocenters. The van der Waals surface area contributed by atoms with E-state index in [0.717, 1.165) is 5.56 Å². The third-order valence-corrected chi connectivity index (χ3v) is 5.15. The van der Waals surface area contributed by atoms with Crippen LogP contribution in [-0.4, -0.2) is 20.9 Å². The van der Waals surface area contributed by atoms with Crippen LogP contribution in [-0.2, 0) is 14.8 Å². The second kappa shape index (κ2) is 7.11. The second-order valence-electron chi connectivity index (χ2n) is 5.58. The van der Waals surface area contributed by atoms with Crippen LogP contribution in [0.2, 0.25) is 0 Å². The van der Waals surface area contributed by atoms with E-state index >= 15 is 0 Å². The number of amides is 1. The van der Waals surface area contributed by atoms with Gasteiger partial charge in [-0.1, -0.05) is 29.8 Å². The summed E-state index contributed by atoms with van der Waals surface area (Å²) in [6.45, 7) is 4.80. The van der Waals surface area contributed by atoms with Crippen molar-refractivity contribution in [2.75, 3.05) is 11.9 Å². The van der Waals surface area contributed by atoms with Crippen LogP contribution in [0.1, 0.15) is 16.7 Å². The molecule has 5 nitrogen and oxygen atoms in total. The van der Waals surface area contributed by atoms with E-state index in [2.05, 4.69) is 10.0 Å². The number of para-hydroxylation sites is 1. The van der Waals surface area contributed by atoms with E-state index in [1.807, 2.05) is 6.92 Å². The Balaban J connectivity index is 2.11. The summed E-state index contributed by atoms with van der Waals surface area (Å²) in [6.07, 6.45) is 0. The molecule has 0 fully saturated rings. The molecule has 0 radical (unpaired) electrons. The number of rotatable bonds is 5. The fourth-order valence-electron chi connectivity index (χ4n) is 2.58. The van der Waals surface area contributed by atoms with Gasteiger partial charge in [-0.25, -0.2) is 17.5 Å². The number of halogens is 1. The molecular formula is C17H19FN2O3S. The van der Waals surface area contributed by atoms with E-state index in [1.54, 1.807) is 32.0 Å². The summed E-state index contributed by atoms with van der Waals surface area (Å²) in [4.78, 5) is 12.0. The Morgan fingerprint density at radius 3 is 2.25 bits per heavy atom. The lowest BCUT2D eigenvalue weighted by Crippen LogP contribution is -2.33. The third kappa shape index (κ3) is 4.18. The van der Waals surface area contributed by atoms with Crippen molar-refractivity contribution in [2.24, 2.45) is 0 Å². The average molecular weight is 350 g/mol. The van der Waals surface area contributed by atoms with Crippen molar-refractivity contribution in [3.05, 3.63) is 58.9 Å². The lowest BCUT2D eigenvalue weighted by Gasteiger charge is -2.13. The molecule has 2 aromatic carbocycles. The Morgan fingerprint density at radius 1 is 1.08 bits per heavy atom. The van der Waals surface area contributed by atoms with E-state index in [0.29, 0.717) is 11.1 Å². The van der Waals surface area contributed by atoms with Crippen LogP contribution in [0.25, 0.3) is 0 Å².